The van der Waals surface area contributed by atoms with Gasteiger partial charge in [-0.15, -0.1) is 5.10 Å². The second kappa shape index (κ2) is 5.77. The van der Waals surface area contributed by atoms with Crippen molar-refractivity contribution in [1.29, 1.82) is 0 Å². The molecule has 7 nitrogen and oxygen atoms in total. The van der Waals surface area contributed by atoms with Crippen LogP contribution in [0.25, 0.3) is 10.9 Å². The van der Waals surface area contributed by atoms with Gasteiger partial charge in [-0.1, -0.05) is 23.9 Å². The molecule has 0 fully saturated rings. The van der Waals surface area contributed by atoms with Crippen LogP contribution in [-0.2, 0) is 18.3 Å². The van der Waals surface area contributed by atoms with Crippen molar-refractivity contribution < 1.29 is 0 Å². The van der Waals surface area contributed by atoms with E-state index in [4.69, 9.17) is 0 Å². The number of rotatable bonds is 3. The number of thioether (sulfide) groups is 1. The molecule has 0 radical (unpaired) electrons. The third kappa shape index (κ3) is 2.98. The summed E-state index contributed by atoms with van der Waals surface area (Å²) in [6, 6.07) is 7.37. The van der Waals surface area contributed by atoms with Crippen LogP contribution in [0.15, 0.2) is 34.2 Å². The van der Waals surface area contributed by atoms with Crippen molar-refractivity contribution in [3.63, 3.8) is 0 Å². The normalized spacial score (nSPS) is 12.0. The van der Waals surface area contributed by atoms with Gasteiger partial charge in [0.05, 0.1) is 22.2 Å². The van der Waals surface area contributed by atoms with Crippen molar-refractivity contribution in [3.05, 3.63) is 40.4 Å². The Bertz CT molecular complexity index is 908. The van der Waals surface area contributed by atoms with E-state index in [9.17, 15) is 4.79 Å². The summed E-state index contributed by atoms with van der Waals surface area (Å²) in [5.74, 6) is 1.22. The Hall–Kier alpha value is -2.22. The van der Waals surface area contributed by atoms with Crippen molar-refractivity contribution in [2.45, 2.75) is 37.2 Å². The maximum atomic E-state index is 12.4. The van der Waals surface area contributed by atoms with Gasteiger partial charge in [0.15, 0.2) is 0 Å². The molecule has 2 heterocycles. The van der Waals surface area contributed by atoms with E-state index in [1.807, 2.05) is 39.0 Å². The van der Waals surface area contributed by atoms with Crippen molar-refractivity contribution in [2.75, 3.05) is 0 Å². The number of hydrogen-bond donors (Lipinski definition) is 0. The zero-order chi connectivity index (χ0) is 16.6. The molecule has 0 saturated heterocycles. The zero-order valence-electron chi connectivity index (χ0n) is 13.5. The van der Waals surface area contributed by atoms with Crippen LogP contribution in [0.5, 0.6) is 0 Å². The summed E-state index contributed by atoms with van der Waals surface area (Å²) in [4.78, 5) is 17.0. The van der Waals surface area contributed by atoms with Gasteiger partial charge in [-0.05, 0) is 43.3 Å². The Morgan fingerprint density at radius 1 is 1.22 bits per heavy atom. The largest absolute Gasteiger partial charge is 0.299 e. The first kappa shape index (κ1) is 15.7. The predicted molar refractivity (Wildman–Crippen MR) is 89.4 cm³/mol. The highest BCUT2D eigenvalue weighted by Gasteiger charge is 2.20. The van der Waals surface area contributed by atoms with Crippen LogP contribution in [0.3, 0.4) is 0 Å². The molecule has 0 atom stereocenters. The number of para-hydroxylation sites is 1. The summed E-state index contributed by atoms with van der Waals surface area (Å²) in [6.45, 7) is 6.12. The third-order valence-corrected chi connectivity index (χ3v) is 4.40. The number of benzene rings is 1. The number of tetrazole rings is 1. The van der Waals surface area contributed by atoms with Gasteiger partial charge in [-0.2, -0.15) is 0 Å². The summed E-state index contributed by atoms with van der Waals surface area (Å²) < 4.78 is 3.36. The highest BCUT2D eigenvalue weighted by molar-refractivity contribution is 7.98. The fourth-order valence-corrected chi connectivity index (χ4v) is 3.26. The summed E-state index contributed by atoms with van der Waals surface area (Å²) in [5.41, 5.74) is 0.470. The van der Waals surface area contributed by atoms with Gasteiger partial charge in [0.1, 0.15) is 5.82 Å². The molecule has 0 aliphatic rings. The average molecular weight is 330 g/mol. The first-order chi connectivity index (χ1) is 10.9. The van der Waals surface area contributed by atoms with E-state index < -0.39 is 0 Å². The van der Waals surface area contributed by atoms with Crippen molar-refractivity contribution in [2.24, 2.45) is 7.05 Å². The Balaban J connectivity index is 1.93. The molecule has 23 heavy (non-hydrogen) atoms. The van der Waals surface area contributed by atoms with Crippen molar-refractivity contribution >= 4 is 22.7 Å². The maximum absolute atomic E-state index is 12.4. The van der Waals surface area contributed by atoms with Gasteiger partial charge >= 0.3 is 0 Å². The SMILES string of the molecule is Cn1c(CSc2nnnn2C(C)(C)C)nc2ccccc2c1=O. The van der Waals surface area contributed by atoms with Crippen LogP contribution in [0.1, 0.15) is 26.6 Å². The van der Waals surface area contributed by atoms with Crippen LogP contribution < -0.4 is 5.56 Å². The molecular weight excluding hydrogens is 312 g/mol. The Kier molecular flexibility index (Phi) is 3.93. The number of fused-ring (bicyclic) bond motifs is 1. The highest BCUT2D eigenvalue weighted by atomic mass is 32.2. The molecule has 1 aromatic carbocycles. The lowest BCUT2D eigenvalue weighted by Crippen LogP contribution is -2.24. The van der Waals surface area contributed by atoms with E-state index in [0.29, 0.717) is 27.6 Å². The van der Waals surface area contributed by atoms with Crippen LogP contribution in [0.2, 0.25) is 0 Å². The quantitative estimate of drug-likeness (QED) is 0.683. The van der Waals surface area contributed by atoms with E-state index in [-0.39, 0.29) is 11.1 Å². The lowest BCUT2D eigenvalue weighted by atomic mass is 10.1. The number of nitrogens with zero attached hydrogens (tertiary/aromatic N) is 6. The minimum absolute atomic E-state index is 0.0402. The van der Waals surface area contributed by atoms with Gasteiger partial charge in [0.25, 0.3) is 5.56 Å². The van der Waals surface area contributed by atoms with E-state index >= 15 is 0 Å². The second-order valence-corrected chi connectivity index (χ2v) is 7.18. The summed E-state index contributed by atoms with van der Waals surface area (Å²) in [5, 5.41) is 13.2. The van der Waals surface area contributed by atoms with Crippen LogP contribution in [0.4, 0.5) is 0 Å². The summed E-state index contributed by atoms with van der Waals surface area (Å²) >= 11 is 1.47. The molecule has 2 aromatic heterocycles. The van der Waals surface area contributed by atoms with Crippen LogP contribution in [-0.4, -0.2) is 29.8 Å². The van der Waals surface area contributed by atoms with E-state index in [2.05, 4.69) is 20.5 Å². The topological polar surface area (TPSA) is 78.5 Å². The van der Waals surface area contributed by atoms with Crippen molar-refractivity contribution in [3.8, 4) is 0 Å². The lowest BCUT2D eigenvalue weighted by Gasteiger charge is -2.19. The average Bonchev–Trinajstić information content (AvgIpc) is 2.98. The fourth-order valence-electron chi connectivity index (χ4n) is 2.21. The molecule has 8 heteroatoms. The molecule has 0 saturated carbocycles. The standard InChI is InChI=1S/C15H18N6OS/c1-15(2,3)21-14(17-18-19-21)23-9-12-16-11-8-6-5-7-10(11)13(22)20(12)4/h5-8H,9H2,1-4H3. The maximum Gasteiger partial charge on any atom is 0.261 e. The van der Waals surface area contributed by atoms with E-state index in [1.54, 1.807) is 22.4 Å². The Labute approximate surface area is 137 Å². The Morgan fingerprint density at radius 2 is 1.96 bits per heavy atom. The molecule has 120 valence electrons. The summed E-state index contributed by atoms with van der Waals surface area (Å²) in [7, 11) is 1.74. The number of hydrogen-bond acceptors (Lipinski definition) is 6. The van der Waals surface area contributed by atoms with Gasteiger partial charge in [-0.3, -0.25) is 9.36 Å². The minimum atomic E-state index is -0.200. The molecule has 0 N–H and O–H groups in total. The van der Waals surface area contributed by atoms with Gasteiger partial charge in [0, 0.05) is 7.05 Å². The monoisotopic (exact) mass is 330 g/mol. The van der Waals surface area contributed by atoms with E-state index in [0.717, 1.165) is 0 Å². The summed E-state index contributed by atoms with van der Waals surface area (Å²) in [6.07, 6.45) is 0. The molecule has 0 aliphatic carbocycles. The molecule has 0 aliphatic heterocycles. The minimum Gasteiger partial charge on any atom is -0.299 e. The van der Waals surface area contributed by atoms with E-state index in [1.165, 1.54) is 11.8 Å². The van der Waals surface area contributed by atoms with Gasteiger partial charge in [0.2, 0.25) is 5.16 Å². The highest BCUT2D eigenvalue weighted by Crippen LogP contribution is 2.24. The Morgan fingerprint density at radius 3 is 2.70 bits per heavy atom. The van der Waals surface area contributed by atoms with Gasteiger partial charge in [-0.25, -0.2) is 9.67 Å². The molecule has 0 amide bonds. The zero-order valence-corrected chi connectivity index (χ0v) is 14.3. The van der Waals surface area contributed by atoms with Crippen LogP contribution >= 0.6 is 11.8 Å². The third-order valence-electron chi connectivity index (χ3n) is 3.48. The first-order valence-corrected chi connectivity index (χ1v) is 8.23. The molecule has 3 aromatic rings. The fraction of sp³-hybridized carbons (Fsp3) is 0.400. The van der Waals surface area contributed by atoms with Gasteiger partial charge < -0.3 is 0 Å². The molecule has 0 bridgehead atoms. The number of aromatic nitrogens is 6. The first-order valence-electron chi connectivity index (χ1n) is 7.24. The molecule has 0 spiro atoms. The molecular formula is C15H18N6OS. The lowest BCUT2D eigenvalue weighted by molar-refractivity contribution is 0.321. The van der Waals surface area contributed by atoms with Crippen molar-refractivity contribution in [1.82, 2.24) is 29.8 Å². The van der Waals surface area contributed by atoms with Crippen LogP contribution in [0, 0.1) is 0 Å². The second-order valence-electron chi connectivity index (χ2n) is 6.24. The molecule has 3 rings (SSSR count). The smallest absolute Gasteiger partial charge is 0.261 e. The molecule has 0 unspecified atom stereocenters. The predicted octanol–water partition coefficient (Wildman–Crippen LogP) is 1.97.